The number of benzene rings is 2. The van der Waals surface area contributed by atoms with Crippen molar-refractivity contribution < 1.29 is 0 Å². The highest BCUT2D eigenvalue weighted by molar-refractivity contribution is 6.40. The highest BCUT2D eigenvalue weighted by atomic mass is 14.7. The van der Waals surface area contributed by atoms with Crippen molar-refractivity contribution in [2.24, 2.45) is 17.3 Å². The lowest BCUT2D eigenvalue weighted by atomic mass is 9.37. The van der Waals surface area contributed by atoms with Gasteiger partial charge in [-0.2, -0.15) is 0 Å². The predicted molar refractivity (Wildman–Crippen MR) is 131 cm³/mol. The van der Waals surface area contributed by atoms with Crippen molar-refractivity contribution in [3.8, 4) is 22.4 Å². The molecule has 152 valence electrons. The molecule has 1 heterocycles. The summed E-state index contributed by atoms with van der Waals surface area (Å²) in [5.74, 6) is 1.57. The Labute approximate surface area is 189 Å². The lowest BCUT2D eigenvalue weighted by Gasteiger charge is -2.50. The normalized spacial score (nSPS) is 25.5. The van der Waals surface area contributed by atoms with Crippen molar-refractivity contribution in [3.05, 3.63) is 78.5 Å². The van der Waals surface area contributed by atoms with Crippen molar-refractivity contribution in [2.45, 2.75) is 50.7 Å². The maximum Gasteiger partial charge on any atom is 0.0708 e. The van der Waals surface area contributed by atoms with E-state index < -0.39 is 5.21 Å². The van der Waals surface area contributed by atoms with E-state index in [4.69, 9.17) is 15.7 Å². The topological polar surface area (TPSA) is 12.9 Å². The van der Waals surface area contributed by atoms with E-state index >= 15 is 0 Å². The number of nitrogens with zero attached hydrogens (tertiary/aromatic N) is 1. The lowest BCUT2D eigenvalue weighted by molar-refractivity contribution is 0.127. The summed E-state index contributed by atoms with van der Waals surface area (Å²) in [6, 6.07) is 23.1. The van der Waals surface area contributed by atoms with Crippen molar-refractivity contribution in [1.29, 1.82) is 0 Å². The average Bonchev–Trinajstić information content (AvgIpc) is 3.15. The standard InChI is InChI=1S/C28H29B2N/c1-2-20-16-21-12-14-27(18-20,19-21)28(29,30)25-10-8-22(9-11-25)24-13-15-31-26(17-24)23-6-4-3-5-7-23/h3-11,13,15,17,20-21H,2,12,14,16,18-19H2,1H3. The zero-order valence-corrected chi connectivity index (χ0v) is 18.4. The molecular weight excluding hydrogens is 372 g/mol. The molecule has 2 bridgehead atoms. The zero-order chi connectivity index (χ0) is 21.5. The number of fused-ring (bicyclic) bond motifs is 2. The molecule has 0 aliphatic heterocycles. The largest absolute Gasteiger partial charge is 0.256 e. The third-order valence-corrected chi connectivity index (χ3v) is 8.04. The van der Waals surface area contributed by atoms with Crippen LogP contribution in [-0.2, 0) is 5.21 Å². The molecule has 4 radical (unpaired) electrons. The molecule has 1 nitrogen and oxygen atoms in total. The maximum atomic E-state index is 6.96. The molecule has 5 rings (SSSR count). The summed E-state index contributed by atoms with van der Waals surface area (Å²) in [5.41, 5.74) is 5.53. The Morgan fingerprint density at radius 3 is 2.45 bits per heavy atom. The molecule has 3 heteroatoms. The van der Waals surface area contributed by atoms with Gasteiger partial charge < -0.3 is 0 Å². The summed E-state index contributed by atoms with van der Waals surface area (Å²) >= 11 is 0. The molecule has 0 N–H and O–H groups in total. The summed E-state index contributed by atoms with van der Waals surface area (Å²) in [6.07, 6.45) is 9.27. The lowest BCUT2D eigenvalue weighted by Crippen LogP contribution is -2.48. The zero-order valence-electron chi connectivity index (χ0n) is 18.4. The number of hydrogen-bond acceptors (Lipinski definition) is 1. The fourth-order valence-corrected chi connectivity index (χ4v) is 6.21. The molecular formula is C28H29B2N. The van der Waals surface area contributed by atoms with Crippen LogP contribution in [0.2, 0.25) is 0 Å². The second kappa shape index (κ2) is 8.01. The molecule has 0 amide bonds. The summed E-state index contributed by atoms with van der Waals surface area (Å²) in [6.45, 7) is 2.31. The van der Waals surface area contributed by atoms with Crippen molar-refractivity contribution in [3.63, 3.8) is 0 Å². The van der Waals surface area contributed by atoms with E-state index in [0.29, 0.717) is 0 Å². The highest BCUT2D eigenvalue weighted by Crippen LogP contribution is 2.60. The Morgan fingerprint density at radius 2 is 1.71 bits per heavy atom. The van der Waals surface area contributed by atoms with E-state index in [1.54, 1.807) is 0 Å². The molecule has 3 atom stereocenters. The van der Waals surface area contributed by atoms with Gasteiger partial charge in [0.15, 0.2) is 0 Å². The molecule has 2 aliphatic rings. The third kappa shape index (κ3) is 3.67. The monoisotopic (exact) mass is 401 g/mol. The van der Waals surface area contributed by atoms with Crippen LogP contribution in [0.25, 0.3) is 22.4 Å². The van der Waals surface area contributed by atoms with Gasteiger partial charge in [0.1, 0.15) is 0 Å². The van der Waals surface area contributed by atoms with Gasteiger partial charge in [0.2, 0.25) is 0 Å². The van der Waals surface area contributed by atoms with Crippen LogP contribution in [0.5, 0.6) is 0 Å². The number of pyridine rings is 1. The van der Waals surface area contributed by atoms with E-state index in [2.05, 4.69) is 60.4 Å². The minimum absolute atomic E-state index is 0.0370. The maximum absolute atomic E-state index is 6.96. The Morgan fingerprint density at radius 1 is 0.935 bits per heavy atom. The molecule has 31 heavy (non-hydrogen) atoms. The fourth-order valence-electron chi connectivity index (χ4n) is 6.21. The quantitative estimate of drug-likeness (QED) is 0.444. The molecule has 3 aromatic rings. The minimum atomic E-state index is -0.776. The van der Waals surface area contributed by atoms with Gasteiger partial charge in [0.25, 0.3) is 0 Å². The Hall–Kier alpha value is -2.28. The number of hydrogen-bond donors (Lipinski definition) is 0. The second-order valence-electron chi connectivity index (χ2n) is 9.85. The Kier molecular flexibility index (Phi) is 5.32. The molecule has 2 fully saturated rings. The van der Waals surface area contributed by atoms with E-state index in [-0.39, 0.29) is 5.41 Å². The molecule has 2 aromatic carbocycles. The van der Waals surface area contributed by atoms with Crippen LogP contribution in [0.15, 0.2) is 72.9 Å². The summed E-state index contributed by atoms with van der Waals surface area (Å²) in [4.78, 5) is 4.55. The average molecular weight is 401 g/mol. The first-order valence-electron chi connectivity index (χ1n) is 11.7. The first-order valence-corrected chi connectivity index (χ1v) is 11.7. The van der Waals surface area contributed by atoms with Crippen LogP contribution in [0.3, 0.4) is 0 Å². The molecule has 2 saturated carbocycles. The van der Waals surface area contributed by atoms with Crippen LogP contribution >= 0.6 is 0 Å². The molecule has 2 aliphatic carbocycles. The van der Waals surface area contributed by atoms with E-state index in [9.17, 15) is 0 Å². The van der Waals surface area contributed by atoms with Gasteiger partial charge >= 0.3 is 0 Å². The number of aromatic nitrogens is 1. The predicted octanol–water partition coefficient (Wildman–Crippen LogP) is 6.51. The highest BCUT2D eigenvalue weighted by Gasteiger charge is 2.52. The van der Waals surface area contributed by atoms with Gasteiger partial charge in [-0.1, -0.05) is 78.7 Å². The first-order chi connectivity index (χ1) is 15.0. The number of rotatable bonds is 5. The van der Waals surface area contributed by atoms with Crippen LogP contribution < -0.4 is 0 Å². The summed E-state index contributed by atoms with van der Waals surface area (Å²) in [7, 11) is 13.9. The van der Waals surface area contributed by atoms with Crippen LogP contribution in [0.1, 0.15) is 51.0 Å². The SMILES string of the molecule is [B]C([B])(c1ccc(-c2ccnc(-c3ccccc3)c2)cc1)C12CCC(CC(CC)C1)C2. The van der Waals surface area contributed by atoms with Crippen molar-refractivity contribution >= 4 is 15.7 Å². The molecule has 1 aromatic heterocycles. The van der Waals surface area contributed by atoms with E-state index in [1.165, 1.54) is 32.1 Å². The van der Waals surface area contributed by atoms with Crippen LogP contribution in [-0.4, -0.2) is 20.7 Å². The van der Waals surface area contributed by atoms with Gasteiger partial charge in [0.05, 0.1) is 21.4 Å². The minimum Gasteiger partial charge on any atom is -0.256 e. The van der Waals surface area contributed by atoms with Crippen LogP contribution in [0.4, 0.5) is 0 Å². The molecule has 3 unspecified atom stereocenters. The Bertz CT molecular complexity index is 1040. The molecule has 0 saturated heterocycles. The van der Waals surface area contributed by atoms with Gasteiger partial charge in [-0.15, -0.1) is 0 Å². The van der Waals surface area contributed by atoms with Crippen molar-refractivity contribution in [1.82, 2.24) is 4.98 Å². The summed E-state index contributed by atoms with van der Waals surface area (Å²) in [5, 5.41) is -0.776. The van der Waals surface area contributed by atoms with Gasteiger partial charge in [-0.25, -0.2) is 0 Å². The second-order valence-corrected chi connectivity index (χ2v) is 9.85. The third-order valence-electron chi connectivity index (χ3n) is 8.04. The van der Waals surface area contributed by atoms with E-state index in [1.807, 2.05) is 24.4 Å². The Balaban J connectivity index is 1.43. The van der Waals surface area contributed by atoms with E-state index in [0.717, 1.165) is 46.2 Å². The first kappa shape index (κ1) is 20.6. The van der Waals surface area contributed by atoms with Gasteiger partial charge in [-0.05, 0) is 72.6 Å². The van der Waals surface area contributed by atoms with Crippen LogP contribution in [0, 0.1) is 17.3 Å². The summed E-state index contributed by atoms with van der Waals surface area (Å²) < 4.78 is 0. The molecule has 0 spiro atoms. The van der Waals surface area contributed by atoms with Gasteiger partial charge in [0, 0.05) is 11.8 Å². The van der Waals surface area contributed by atoms with Crippen molar-refractivity contribution in [2.75, 3.05) is 0 Å². The van der Waals surface area contributed by atoms with Gasteiger partial charge in [-0.3, -0.25) is 4.98 Å². The smallest absolute Gasteiger partial charge is 0.0708 e. The fraction of sp³-hybridized carbons (Fsp3) is 0.393.